The smallest absolute Gasteiger partial charge is 0.360 e. The van der Waals surface area contributed by atoms with E-state index >= 15 is 0 Å². The topological polar surface area (TPSA) is 143 Å². The fraction of sp³-hybridized carbons (Fsp3) is 0.387. The summed E-state index contributed by atoms with van der Waals surface area (Å²) in [5.74, 6) is 1.00. The van der Waals surface area contributed by atoms with Gasteiger partial charge in [0, 0.05) is 24.8 Å². The summed E-state index contributed by atoms with van der Waals surface area (Å²) in [6.07, 6.45) is 16.8. The molecule has 0 amide bonds. The van der Waals surface area contributed by atoms with E-state index in [2.05, 4.69) is 65.6 Å². The van der Waals surface area contributed by atoms with E-state index in [1.807, 2.05) is 22.9 Å². The van der Waals surface area contributed by atoms with E-state index in [9.17, 15) is 4.79 Å². The monoisotopic (exact) mass is 596 g/mol. The van der Waals surface area contributed by atoms with Crippen LogP contribution in [0.25, 0.3) is 11.3 Å². The molecule has 2 aliphatic carbocycles. The van der Waals surface area contributed by atoms with Crippen molar-refractivity contribution in [3.05, 3.63) is 95.3 Å². The summed E-state index contributed by atoms with van der Waals surface area (Å²) in [5.41, 5.74) is 7.22. The van der Waals surface area contributed by atoms with E-state index < -0.39 is 5.97 Å². The van der Waals surface area contributed by atoms with Gasteiger partial charge in [-0.2, -0.15) is 0 Å². The second-order valence-electron chi connectivity index (χ2n) is 11.1. The van der Waals surface area contributed by atoms with Crippen LogP contribution in [0.3, 0.4) is 0 Å². The number of pyridine rings is 2. The highest BCUT2D eigenvalue weighted by Crippen LogP contribution is 2.40. The Bertz CT molecular complexity index is 1890. The van der Waals surface area contributed by atoms with Crippen molar-refractivity contribution in [1.82, 2.24) is 48.8 Å². The zero-order chi connectivity index (χ0) is 29.3. The Balaban J connectivity index is 0.000000154. The van der Waals surface area contributed by atoms with Crippen molar-refractivity contribution < 1.29 is 14.6 Å². The minimum atomic E-state index is -0.456. The predicted molar refractivity (Wildman–Crippen MR) is 161 cm³/mol. The fourth-order valence-corrected chi connectivity index (χ4v) is 5.09. The quantitative estimate of drug-likeness (QED) is 0.245. The minimum Gasteiger partial charge on any atom is -0.461 e. The second kappa shape index (κ2) is 12.4. The number of aromatic nitrogens is 10. The van der Waals surface area contributed by atoms with Gasteiger partial charge in [-0.25, -0.2) is 24.1 Å². The van der Waals surface area contributed by atoms with Gasteiger partial charge in [0.15, 0.2) is 5.69 Å². The Morgan fingerprint density at radius 1 is 0.773 bits per heavy atom. The molecule has 2 aliphatic rings. The molecule has 6 aromatic heterocycles. The highest BCUT2D eigenvalue weighted by Gasteiger charge is 2.24. The SMILES string of the molecule is C.CCOC(=O)c1cn(Cc2cn3cc(C4CC4)ccc3n2)nn1.OCc1cn(Cc2cn3cc(C4CC4)ccc3n2)nn1. The van der Waals surface area contributed by atoms with Gasteiger partial charge in [0.2, 0.25) is 0 Å². The molecule has 0 saturated heterocycles. The lowest BCUT2D eigenvalue weighted by Gasteiger charge is -1.98. The third-order valence-corrected chi connectivity index (χ3v) is 7.56. The van der Waals surface area contributed by atoms with Crippen LogP contribution in [0, 0.1) is 0 Å². The first kappa shape index (κ1) is 29.2. The molecule has 228 valence electrons. The summed E-state index contributed by atoms with van der Waals surface area (Å²) in [6, 6.07) is 8.43. The summed E-state index contributed by atoms with van der Waals surface area (Å²) < 4.78 is 12.3. The van der Waals surface area contributed by atoms with E-state index in [0.29, 0.717) is 31.3 Å². The molecule has 6 aromatic rings. The first-order valence-electron chi connectivity index (χ1n) is 14.6. The number of imidazole rings is 2. The Hall–Kier alpha value is -4.91. The van der Waals surface area contributed by atoms with Crippen LogP contribution in [-0.2, 0) is 24.4 Å². The molecule has 0 aromatic carbocycles. The maximum atomic E-state index is 11.6. The Morgan fingerprint density at radius 2 is 1.32 bits per heavy atom. The van der Waals surface area contributed by atoms with Crippen molar-refractivity contribution in [3.63, 3.8) is 0 Å². The van der Waals surface area contributed by atoms with Gasteiger partial charge in [-0.05, 0) is 67.7 Å². The van der Waals surface area contributed by atoms with Crippen molar-refractivity contribution in [3.8, 4) is 0 Å². The van der Waals surface area contributed by atoms with Gasteiger partial charge in [0.05, 0.1) is 50.1 Å². The number of aliphatic hydroxyl groups excluding tert-OH is 1. The third kappa shape index (κ3) is 6.52. The maximum Gasteiger partial charge on any atom is 0.360 e. The van der Waals surface area contributed by atoms with E-state index in [1.54, 1.807) is 28.7 Å². The molecule has 0 unspecified atom stereocenters. The van der Waals surface area contributed by atoms with Crippen molar-refractivity contribution >= 4 is 17.3 Å². The molecule has 6 heterocycles. The highest BCUT2D eigenvalue weighted by molar-refractivity contribution is 5.86. The molecule has 13 nitrogen and oxygen atoms in total. The van der Waals surface area contributed by atoms with E-state index in [4.69, 9.17) is 9.84 Å². The highest BCUT2D eigenvalue weighted by atomic mass is 16.5. The van der Waals surface area contributed by atoms with Crippen molar-refractivity contribution in [2.24, 2.45) is 0 Å². The molecule has 44 heavy (non-hydrogen) atoms. The molecule has 0 atom stereocenters. The molecule has 1 N–H and O–H groups in total. The fourth-order valence-electron chi connectivity index (χ4n) is 5.09. The number of carbonyl (C=O) groups excluding carboxylic acids is 1. The zero-order valence-electron chi connectivity index (χ0n) is 23.8. The zero-order valence-corrected chi connectivity index (χ0v) is 23.8. The van der Waals surface area contributed by atoms with Crippen LogP contribution in [0.5, 0.6) is 0 Å². The standard InChI is InChI=1S/C16H17N5O2.C14H15N5O.CH4/c1-2-23-16(22)14-10-21(19-18-14)9-13-8-20-7-12(11-3-4-11)5-6-15(20)17-13;20-9-13-8-19(17-16-13)7-12-6-18-5-11(10-1-2-10)3-4-14(18)15-12;/h5-8,10-11H,2-4,9H2,1H3;3-6,8,10,20H,1-2,7,9H2;1H4. The number of esters is 1. The molecule has 8 rings (SSSR count). The normalized spacial score (nSPS) is 14.3. The van der Waals surface area contributed by atoms with E-state index in [0.717, 1.165) is 28.6 Å². The number of nitrogens with zero attached hydrogens (tertiary/aromatic N) is 10. The molecular weight excluding hydrogens is 560 g/mol. The largest absolute Gasteiger partial charge is 0.461 e. The van der Waals surface area contributed by atoms with Crippen molar-refractivity contribution in [2.75, 3.05) is 6.61 Å². The molecule has 0 radical (unpaired) electrons. The average Bonchev–Trinajstić information content (AvgIpc) is 3.85. The van der Waals surface area contributed by atoms with Crippen LogP contribution >= 0.6 is 0 Å². The number of fused-ring (bicyclic) bond motifs is 2. The summed E-state index contributed by atoms with van der Waals surface area (Å²) in [7, 11) is 0. The number of ether oxygens (including phenoxy) is 1. The van der Waals surface area contributed by atoms with Gasteiger partial charge in [0.1, 0.15) is 17.0 Å². The van der Waals surface area contributed by atoms with Crippen molar-refractivity contribution in [2.45, 2.75) is 71.6 Å². The number of carbonyl (C=O) groups is 1. The van der Waals surface area contributed by atoms with Gasteiger partial charge in [-0.3, -0.25) is 0 Å². The van der Waals surface area contributed by atoms with E-state index in [1.165, 1.54) is 36.8 Å². The van der Waals surface area contributed by atoms with Crippen LogP contribution in [0.2, 0.25) is 0 Å². The minimum absolute atomic E-state index is 0. The number of rotatable bonds is 9. The number of hydrogen-bond donors (Lipinski definition) is 1. The molecule has 0 aliphatic heterocycles. The van der Waals surface area contributed by atoms with Crippen molar-refractivity contribution in [1.29, 1.82) is 0 Å². The summed E-state index contributed by atoms with van der Waals surface area (Å²) in [5, 5.41) is 24.6. The average molecular weight is 597 g/mol. The molecule has 2 saturated carbocycles. The lowest BCUT2D eigenvalue weighted by molar-refractivity contribution is 0.0519. The van der Waals surface area contributed by atoms with Gasteiger partial charge in [-0.1, -0.05) is 30.0 Å². The Morgan fingerprint density at radius 3 is 1.82 bits per heavy atom. The predicted octanol–water partition coefficient (Wildman–Crippen LogP) is 4.01. The third-order valence-electron chi connectivity index (χ3n) is 7.56. The first-order valence-corrected chi connectivity index (χ1v) is 14.6. The first-order chi connectivity index (χ1) is 21.0. The molecule has 13 heteroatoms. The molecule has 2 fully saturated rings. The number of hydrogen-bond acceptors (Lipinski definition) is 9. The van der Waals surface area contributed by atoms with Crippen LogP contribution in [0.4, 0.5) is 0 Å². The maximum absolute atomic E-state index is 11.6. The molecule has 0 spiro atoms. The van der Waals surface area contributed by atoms with Crippen LogP contribution in [-0.4, -0.2) is 66.4 Å². The van der Waals surface area contributed by atoms with Gasteiger partial charge >= 0.3 is 5.97 Å². The second-order valence-corrected chi connectivity index (χ2v) is 11.1. The van der Waals surface area contributed by atoms with Crippen LogP contribution < -0.4 is 0 Å². The lowest BCUT2D eigenvalue weighted by Crippen LogP contribution is -2.05. The summed E-state index contributed by atoms with van der Waals surface area (Å²) >= 11 is 0. The van der Waals surface area contributed by atoms with Crippen LogP contribution in [0.15, 0.2) is 61.4 Å². The Labute approximate surface area is 254 Å². The van der Waals surface area contributed by atoms with Crippen LogP contribution in [0.1, 0.15) is 90.6 Å². The number of aliphatic hydroxyl groups is 1. The molecular formula is C31H36N10O3. The Kier molecular flexibility index (Phi) is 8.20. The van der Waals surface area contributed by atoms with Gasteiger partial charge in [-0.15, -0.1) is 10.2 Å². The summed E-state index contributed by atoms with van der Waals surface area (Å²) in [6.45, 7) is 3.02. The van der Waals surface area contributed by atoms with E-state index in [-0.39, 0.29) is 19.7 Å². The van der Waals surface area contributed by atoms with Gasteiger partial charge in [0.25, 0.3) is 0 Å². The van der Waals surface area contributed by atoms with Gasteiger partial charge < -0.3 is 18.6 Å². The summed E-state index contributed by atoms with van der Waals surface area (Å²) in [4.78, 5) is 20.8. The molecule has 0 bridgehead atoms. The lowest BCUT2D eigenvalue weighted by atomic mass is 10.2.